The Balaban J connectivity index is 2.87. The van der Waals surface area contributed by atoms with Crippen molar-refractivity contribution >= 4 is 33.5 Å². The number of rotatable bonds is 1. The van der Waals surface area contributed by atoms with Gasteiger partial charge in [-0.2, -0.15) is 0 Å². The first-order valence-corrected chi connectivity index (χ1v) is 6.09. The second-order valence-corrected chi connectivity index (χ2v) is 5.22. The molecule has 1 aromatic carbocycles. The van der Waals surface area contributed by atoms with Crippen LogP contribution in [-0.2, 0) is 0 Å². The van der Waals surface area contributed by atoms with E-state index in [9.17, 15) is 9.18 Å². The number of hydrogen-bond donors (Lipinski definition) is 1. The Bertz CT molecular complexity index is 604. The minimum atomic E-state index is -0.375. The minimum absolute atomic E-state index is 0.130. The molecule has 0 bridgehead atoms. The summed E-state index contributed by atoms with van der Waals surface area (Å²) >= 11 is 2.03. The zero-order chi connectivity index (χ0) is 11.9. The van der Waals surface area contributed by atoms with Crippen molar-refractivity contribution in [3.63, 3.8) is 0 Å². The van der Waals surface area contributed by atoms with E-state index in [0.29, 0.717) is 5.39 Å². The summed E-state index contributed by atoms with van der Waals surface area (Å²) in [5, 5.41) is 0.411. The third-order valence-corrected chi connectivity index (χ3v) is 3.35. The van der Waals surface area contributed by atoms with E-state index < -0.39 is 0 Å². The number of nitrogens with one attached hydrogen (secondary N) is 1. The zero-order valence-corrected chi connectivity index (χ0v) is 11.1. The molecule has 0 aliphatic carbocycles. The maximum absolute atomic E-state index is 13.2. The normalized spacial score (nSPS) is 11.3. The van der Waals surface area contributed by atoms with Crippen molar-refractivity contribution < 1.29 is 4.39 Å². The lowest BCUT2D eigenvalue weighted by Gasteiger charge is -2.08. The van der Waals surface area contributed by atoms with Crippen molar-refractivity contribution in [2.24, 2.45) is 0 Å². The highest BCUT2D eigenvalue weighted by Crippen LogP contribution is 2.20. The van der Waals surface area contributed by atoms with Gasteiger partial charge in [0.15, 0.2) is 5.43 Å². The number of aromatic nitrogens is 1. The molecule has 0 spiro atoms. The second-order valence-electron chi connectivity index (χ2n) is 4.05. The summed E-state index contributed by atoms with van der Waals surface area (Å²) in [7, 11) is 0. The van der Waals surface area contributed by atoms with Gasteiger partial charge in [-0.3, -0.25) is 4.79 Å². The van der Waals surface area contributed by atoms with Gasteiger partial charge < -0.3 is 4.98 Å². The van der Waals surface area contributed by atoms with Gasteiger partial charge in [0.05, 0.1) is 5.52 Å². The molecule has 1 aromatic heterocycles. The number of fused-ring (bicyclic) bond motifs is 1. The Labute approximate surface area is 106 Å². The van der Waals surface area contributed by atoms with E-state index in [0.717, 1.165) is 14.8 Å². The van der Waals surface area contributed by atoms with Crippen molar-refractivity contribution in [2.45, 2.75) is 19.8 Å². The molecule has 4 heteroatoms. The minimum Gasteiger partial charge on any atom is -0.357 e. The molecule has 0 amide bonds. The summed E-state index contributed by atoms with van der Waals surface area (Å²) in [5.41, 5.74) is 1.47. The highest BCUT2D eigenvalue weighted by Gasteiger charge is 2.09. The highest BCUT2D eigenvalue weighted by molar-refractivity contribution is 14.1. The summed E-state index contributed by atoms with van der Waals surface area (Å²) in [6, 6.07) is 4.24. The topological polar surface area (TPSA) is 32.9 Å². The fourth-order valence-electron chi connectivity index (χ4n) is 1.61. The van der Waals surface area contributed by atoms with Crippen molar-refractivity contribution in [1.29, 1.82) is 0 Å². The third kappa shape index (κ3) is 1.98. The average molecular weight is 331 g/mol. The fourth-order valence-corrected chi connectivity index (χ4v) is 2.33. The van der Waals surface area contributed by atoms with Crippen LogP contribution in [0.15, 0.2) is 23.0 Å². The largest absolute Gasteiger partial charge is 0.357 e. The Morgan fingerprint density at radius 1 is 1.31 bits per heavy atom. The Hall–Kier alpha value is -0.910. The Morgan fingerprint density at radius 3 is 2.62 bits per heavy atom. The first-order valence-electron chi connectivity index (χ1n) is 5.01. The van der Waals surface area contributed by atoms with E-state index in [4.69, 9.17) is 0 Å². The molecule has 0 saturated heterocycles. The molecule has 16 heavy (non-hydrogen) atoms. The molecule has 0 atom stereocenters. The molecule has 2 rings (SSSR count). The molecule has 0 fully saturated rings. The lowest BCUT2D eigenvalue weighted by atomic mass is 10.1. The van der Waals surface area contributed by atoms with Gasteiger partial charge in [-0.15, -0.1) is 0 Å². The number of pyridine rings is 1. The van der Waals surface area contributed by atoms with Crippen LogP contribution in [0.4, 0.5) is 4.39 Å². The van der Waals surface area contributed by atoms with Gasteiger partial charge in [-0.25, -0.2) is 4.39 Å². The zero-order valence-electron chi connectivity index (χ0n) is 8.97. The number of H-pyrrole nitrogens is 1. The molecule has 0 saturated carbocycles. The SMILES string of the molecule is CC(C)c1cc(=O)c2cc(F)cc(I)c2[nH]1. The Morgan fingerprint density at radius 2 is 2.00 bits per heavy atom. The van der Waals surface area contributed by atoms with Crippen LogP contribution in [0, 0.1) is 9.39 Å². The van der Waals surface area contributed by atoms with Crippen molar-refractivity contribution in [2.75, 3.05) is 0 Å². The van der Waals surface area contributed by atoms with Crippen LogP contribution < -0.4 is 5.43 Å². The van der Waals surface area contributed by atoms with E-state index in [-0.39, 0.29) is 17.2 Å². The molecular formula is C12H11FINO. The maximum atomic E-state index is 13.2. The van der Waals surface area contributed by atoms with Gasteiger partial charge >= 0.3 is 0 Å². The van der Waals surface area contributed by atoms with Crippen molar-refractivity contribution in [1.82, 2.24) is 4.98 Å². The number of halogens is 2. The molecule has 0 unspecified atom stereocenters. The van der Waals surface area contributed by atoms with E-state index in [2.05, 4.69) is 4.98 Å². The smallest absolute Gasteiger partial charge is 0.189 e. The highest BCUT2D eigenvalue weighted by atomic mass is 127. The van der Waals surface area contributed by atoms with E-state index in [1.807, 2.05) is 36.4 Å². The number of benzene rings is 1. The van der Waals surface area contributed by atoms with Crippen LogP contribution in [0.5, 0.6) is 0 Å². The second kappa shape index (κ2) is 4.16. The van der Waals surface area contributed by atoms with Gasteiger partial charge in [-0.05, 0) is 40.6 Å². The summed E-state index contributed by atoms with van der Waals surface area (Å²) < 4.78 is 13.9. The molecular weight excluding hydrogens is 320 g/mol. The average Bonchev–Trinajstić information content (AvgIpc) is 2.19. The maximum Gasteiger partial charge on any atom is 0.189 e. The first-order chi connectivity index (χ1) is 7.49. The van der Waals surface area contributed by atoms with Crippen molar-refractivity contribution in [3.05, 3.63) is 43.5 Å². The predicted octanol–water partition coefficient (Wildman–Crippen LogP) is 3.40. The van der Waals surface area contributed by atoms with Gasteiger partial charge in [-0.1, -0.05) is 13.8 Å². The molecule has 1 N–H and O–H groups in total. The number of aromatic amines is 1. The van der Waals surface area contributed by atoms with Crippen molar-refractivity contribution in [3.8, 4) is 0 Å². The van der Waals surface area contributed by atoms with Gasteiger partial charge in [0.1, 0.15) is 5.82 Å². The molecule has 0 radical (unpaired) electrons. The standard InChI is InChI=1S/C12H11FINO/c1-6(2)10-5-11(16)8-3-7(13)4-9(14)12(8)15-10/h3-6H,1-2H3,(H,15,16). The summed E-state index contributed by atoms with van der Waals surface area (Å²) in [6.07, 6.45) is 0. The fraction of sp³-hybridized carbons (Fsp3) is 0.250. The molecule has 2 nitrogen and oxygen atoms in total. The molecule has 0 aliphatic rings. The van der Waals surface area contributed by atoms with Gasteiger partial charge in [0.25, 0.3) is 0 Å². The third-order valence-electron chi connectivity index (χ3n) is 2.50. The van der Waals surface area contributed by atoms with Crippen LogP contribution >= 0.6 is 22.6 Å². The van der Waals surface area contributed by atoms with E-state index in [1.165, 1.54) is 12.1 Å². The van der Waals surface area contributed by atoms with Crippen LogP contribution in [0.1, 0.15) is 25.5 Å². The molecule has 0 aliphatic heterocycles. The summed E-state index contributed by atoms with van der Waals surface area (Å²) in [5.74, 6) is -0.127. The molecule has 1 heterocycles. The Kier molecular flexibility index (Phi) is 3.01. The molecule has 84 valence electrons. The van der Waals surface area contributed by atoms with Crippen LogP contribution in [0.25, 0.3) is 10.9 Å². The van der Waals surface area contributed by atoms with Crippen LogP contribution in [-0.4, -0.2) is 4.98 Å². The summed E-state index contributed by atoms with van der Waals surface area (Å²) in [4.78, 5) is 15.0. The van der Waals surface area contributed by atoms with Crippen LogP contribution in [0.3, 0.4) is 0 Å². The quantitative estimate of drug-likeness (QED) is 0.799. The van der Waals surface area contributed by atoms with E-state index in [1.54, 1.807) is 6.07 Å². The summed E-state index contributed by atoms with van der Waals surface area (Å²) in [6.45, 7) is 4.01. The number of hydrogen-bond acceptors (Lipinski definition) is 1. The lowest BCUT2D eigenvalue weighted by Crippen LogP contribution is -2.07. The van der Waals surface area contributed by atoms with E-state index >= 15 is 0 Å². The first kappa shape index (κ1) is 11.6. The monoisotopic (exact) mass is 331 g/mol. The lowest BCUT2D eigenvalue weighted by molar-refractivity contribution is 0.628. The van der Waals surface area contributed by atoms with Gasteiger partial charge in [0, 0.05) is 20.7 Å². The van der Waals surface area contributed by atoms with Gasteiger partial charge in [0.2, 0.25) is 0 Å². The molecule has 2 aromatic rings. The predicted molar refractivity (Wildman–Crippen MR) is 71.3 cm³/mol. The van der Waals surface area contributed by atoms with Crippen LogP contribution in [0.2, 0.25) is 0 Å².